The summed E-state index contributed by atoms with van der Waals surface area (Å²) in [6.45, 7) is 0. The van der Waals surface area contributed by atoms with Crippen molar-refractivity contribution in [3.63, 3.8) is 0 Å². The van der Waals surface area contributed by atoms with Gasteiger partial charge in [-0.2, -0.15) is 26.3 Å². The molecule has 0 aromatic rings. The van der Waals surface area contributed by atoms with Gasteiger partial charge in [0.1, 0.15) is 6.10 Å². The Hall–Kier alpha value is -0.970. The molecule has 116 valence electrons. The molecule has 0 spiro atoms. The predicted octanol–water partition coefficient (Wildman–Crippen LogP) is 2.03. The highest BCUT2D eigenvalue weighted by Gasteiger charge is 2.81. The number of hydrogen-bond acceptors (Lipinski definition) is 4. The van der Waals surface area contributed by atoms with Crippen molar-refractivity contribution in [1.29, 1.82) is 0 Å². The number of nitrogens with one attached hydrogen (secondary N) is 1. The van der Waals surface area contributed by atoms with Gasteiger partial charge in [0, 0.05) is 5.92 Å². The molecule has 0 aromatic carbocycles. The fourth-order valence-corrected chi connectivity index (χ4v) is 3.42. The van der Waals surface area contributed by atoms with Gasteiger partial charge in [0.25, 0.3) is 5.09 Å². The van der Waals surface area contributed by atoms with E-state index in [9.17, 15) is 36.5 Å². The van der Waals surface area contributed by atoms with E-state index in [0.717, 1.165) is 0 Å². The summed E-state index contributed by atoms with van der Waals surface area (Å²) < 4.78 is 77.5. The Morgan fingerprint density at radius 1 is 1.25 bits per heavy atom. The van der Waals surface area contributed by atoms with Gasteiger partial charge in [-0.25, -0.2) is 0 Å². The maximum atomic E-state index is 12.9. The maximum Gasteiger partial charge on any atom is 0.415 e. The van der Waals surface area contributed by atoms with Crippen molar-refractivity contribution in [2.45, 2.75) is 41.8 Å². The van der Waals surface area contributed by atoms with Crippen LogP contribution in [0.25, 0.3) is 0 Å². The Labute approximate surface area is 112 Å². The number of halogens is 7. The molecule has 2 aliphatic rings. The van der Waals surface area contributed by atoms with Crippen LogP contribution in [0.15, 0.2) is 0 Å². The number of nitrogens with zero attached hydrogens (tertiary/aromatic N) is 1. The van der Waals surface area contributed by atoms with Crippen molar-refractivity contribution < 1.29 is 36.3 Å². The van der Waals surface area contributed by atoms with Crippen LogP contribution in [0.2, 0.25) is 0 Å². The molecule has 5 nitrogen and oxygen atoms in total. The number of hydrogen-bond donors (Lipinski definition) is 1. The van der Waals surface area contributed by atoms with Crippen LogP contribution in [-0.4, -0.2) is 40.5 Å². The van der Waals surface area contributed by atoms with Gasteiger partial charge in [0.05, 0.1) is 11.4 Å². The van der Waals surface area contributed by atoms with E-state index < -0.39 is 52.8 Å². The van der Waals surface area contributed by atoms with E-state index in [0.29, 0.717) is 0 Å². The van der Waals surface area contributed by atoms with Crippen LogP contribution in [0.1, 0.15) is 6.42 Å². The van der Waals surface area contributed by atoms with Crippen LogP contribution in [-0.2, 0) is 4.84 Å². The van der Waals surface area contributed by atoms with E-state index in [4.69, 9.17) is 11.6 Å². The minimum Gasteiger partial charge on any atom is -0.309 e. The molecule has 1 heterocycles. The monoisotopic (exact) mass is 328 g/mol. The second-order valence-corrected chi connectivity index (χ2v) is 5.13. The summed E-state index contributed by atoms with van der Waals surface area (Å²) in [6.07, 6.45) is -13.5. The lowest BCUT2D eigenvalue weighted by molar-refractivity contribution is -0.769. The van der Waals surface area contributed by atoms with Gasteiger partial charge < -0.3 is 4.84 Å². The lowest BCUT2D eigenvalue weighted by Crippen LogP contribution is -2.70. The fourth-order valence-electron chi connectivity index (χ4n) is 2.90. The Balaban J connectivity index is 2.37. The minimum absolute atomic E-state index is 0.800. The first kappa shape index (κ1) is 15.4. The molecule has 0 aromatic heterocycles. The van der Waals surface area contributed by atoms with Gasteiger partial charge in [-0.1, -0.05) is 0 Å². The highest BCUT2D eigenvalue weighted by molar-refractivity contribution is 6.22. The number of rotatable bonds is 2. The first-order chi connectivity index (χ1) is 8.92. The summed E-state index contributed by atoms with van der Waals surface area (Å²) in [5.41, 5.74) is -4.16. The number of alkyl halides is 7. The lowest BCUT2D eigenvalue weighted by Gasteiger charge is -2.42. The zero-order valence-electron chi connectivity index (χ0n) is 9.33. The SMILES string of the molecule is O=[N+]([O-])O[C@@H]1C[C@H]2[C@@H](Cl)[C@@H]1NC2(C(F)(F)F)C(F)(F)F. The molecule has 1 saturated heterocycles. The number of piperidine rings is 1. The van der Waals surface area contributed by atoms with Gasteiger partial charge in [-0.3, -0.25) is 5.32 Å². The summed E-state index contributed by atoms with van der Waals surface area (Å²) >= 11 is 5.59. The molecular formula is C8H7ClF6N2O3. The molecule has 12 heteroatoms. The smallest absolute Gasteiger partial charge is 0.309 e. The van der Waals surface area contributed by atoms with Crippen molar-refractivity contribution in [2.24, 2.45) is 5.92 Å². The number of fused-ring (bicyclic) bond motifs is 2. The molecule has 2 rings (SSSR count). The Morgan fingerprint density at radius 2 is 1.75 bits per heavy atom. The third-order valence-corrected chi connectivity index (χ3v) is 4.26. The quantitative estimate of drug-likeness (QED) is 0.364. The maximum absolute atomic E-state index is 12.9. The molecular weight excluding hydrogens is 322 g/mol. The molecule has 0 unspecified atom stereocenters. The first-order valence-corrected chi connectivity index (χ1v) is 5.72. The molecule has 1 aliphatic heterocycles. The fraction of sp³-hybridized carbons (Fsp3) is 1.00. The summed E-state index contributed by atoms with van der Waals surface area (Å²) in [5.74, 6) is -2.08. The van der Waals surface area contributed by atoms with Gasteiger partial charge in [0.15, 0.2) is 0 Å². The molecule has 0 amide bonds. The largest absolute Gasteiger partial charge is 0.415 e. The predicted molar refractivity (Wildman–Crippen MR) is 51.4 cm³/mol. The average molecular weight is 329 g/mol. The van der Waals surface area contributed by atoms with Gasteiger partial charge >= 0.3 is 12.4 Å². The van der Waals surface area contributed by atoms with E-state index in [2.05, 4.69) is 4.84 Å². The van der Waals surface area contributed by atoms with Crippen molar-refractivity contribution in [2.75, 3.05) is 0 Å². The second-order valence-electron chi connectivity index (χ2n) is 4.63. The third kappa shape index (κ3) is 1.90. The molecule has 2 fully saturated rings. The molecule has 1 saturated carbocycles. The van der Waals surface area contributed by atoms with Crippen LogP contribution >= 0.6 is 11.6 Å². The van der Waals surface area contributed by atoms with E-state index >= 15 is 0 Å². The van der Waals surface area contributed by atoms with Crippen molar-refractivity contribution >= 4 is 11.6 Å². The molecule has 20 heavy (non-hydrogen) atoms. The molecule has 1 N–H and O–H groups in total. The molecule has 2 bridgehead atoms. The highest BCUT2D eigenvalue weighted by atomic mass is 35.5. The van der Waals surface area contributed by atoms with E-state index in [1.807, 2.05) is 0 Å². The van der Waals surface area contributed by atoms with Gasteiger partial charge in [-0.15, -0.1) is 21.7 Å². The Kier molecular flexibility index (Phi) is 3.29. The van der Waals surface area contributed by atoms with Crippen molar-refractivity contribution in [3.05, 3.63) is 10.1 Å². The van der Waals surface area contributed by atoms with E-state index in [-0.39, 0.29) is 0 Å². The van der Waals surface area contributed by atoms with Crippen molar-refractivity contribution in [1.82, 2.24) is 5.32 Å². The van der Waals surface area contributed by atoms with Crippen LogP contribution < -0.4 is 5.32 Å². The van der Waals surface area contributed by atoms with E-state index in [1.165, 1.54) is 5.32 Å². The van der Waals surface area contributed by atoms with E-state index in [1.54, 1.807) is 0 Å². The Bertz CT molecular complexity index is 413. The topological polar surface area (TPSA) is 64.4 Å². The van der Waals surface area contributed by atoms with Gasteiger partial charge in [-0.05, 0) is 6.42 Å². The molecule has 1 aliphatic carbocycles. The molecule has 0 radical (unpaired) electrons. The summed E-state index contributed by atoms with van der Waals surface area (Å²) in [5, 5.41) is 8.71. The first-order valence-electron chi connectivity index (χ1n) is 5.28. The summed E-state index contributed by atoms with van der Waals surface area (Å²) in [6, 6.07) is -1.60. The highest BCUT2D eigenvalue weighted by Crippen LogP contribution is 2.58. The lowest BCUT2D eigenvalue weighted by atomic mass is 9.82. The minimum atomic E-state index is -5.63. The van der Waals surface area contributed by atoms with Crippen LogP contribution in [0.5, 0.6) is 0 Å². The zero-order valence-corrected chi connectivity index (χ0v) is 10.1. The van der Waals surface area contributed by atoms with Crippen LogP contribution in [0.4, 0.5) is 26.3 Å². The summed E-state index contributed by atoms with van der Waals surface area (Å²) in [4.78, 5) is 14.2. The van der Waals surface area contributed by atoms with Gasteiger partial charge in [0.2, 0.25) is 5.54 Å². The standard InChI is InChI=1S/C8H7ClF6N2O3/c9-4-2-1-3(20-17(18)19)5(4)16-6(2,7(10,11)12)8(13,14)15/h2-5,16H,1H2/t2-,3+,4+,5+/m0/s1. The zero-order chi connectivity index (χ0) is 15.5. The molecule has 4 atom stereocenters. The van der Waals surface area contributed by atoms with Crippen LogP contribution in [0.3, 0.4) is 0 Å². The normalized spacial score (nSPS) is 36.1. The van der Waals surface area contributed by atoms with Crippen molar-refractivity contribution in [3.8, 4) is 0 Å². The Morgan fingerprint density at radius 3 is 2.05 bits per heavy atom. The third-order valence-electron chi connectivity index (χ3n) is 3.68. The summed E-state index contributed by atoms with van der Waals surface area (Å²) in [7, 11) is 0. The second kappa shape index (κ2) is 4.26. The average Bonchev–Trinajstić information content (AvgIpc) is 2.66. The van der Waals surface area contributed by atoms with Crippen LogP contribution in [0, 0.1) is 16.0 Å².